The van der Waals surface area contributed by atoms with Crippen molar-refractivity contribution in [3.8, 4) is 0 Å². The van der Waals surface area contributed by atoms with E-state index in [1.165, 1.54) is 0 Å². The molecule has 5 heteroatoms. The van der Waals surface area contributed by atoms with Crippen LogP contribution in [-0.2, 0) is 4.79 Å². The minimum absolute atomic E-state index is 0.128. The normalized spacial score (nSPS) is 27.9. The Morgan fingerprint density at radius 2 is 1.90 bits per heavy atom. The Hall–Kier alpha value is -0.770. The fourth-order valence-electron chi connectivity index (χ4n) is 3.86. The number of aryl methyl sites for hydroxylation is 1. The zero-order chi connectivity index (χ0) is 15.2. The number of rotatable bonds is 1. The van der Waals surface area contributed by atoms with Crippen molar-refractivity contribution in [1.82, 2.24) is 5.32 Å². The highest BCUT2D eigenvalue weighted by Gasteiger charge is 2.53. The second-order valence-electron chi connectivity index (χ2n) is 6.25. The van der Waals surface area contributed by atoms with E-state index in [0.717, 1.165) is 37.7 Å². The molecule has 1 aromatic rings. The van der Waals surface area contributed by atoms with Crippen LogP contribution in [0.15, 0.2) is 12.1 Å². The van der Waals surface area contributed by atoms with Gasteiger partial charge in [0.1, 0.15) is 0 Å². The van der Waals surface area contributed by atoms with Crippen LogP contribution in [0.25, 0.3) is 0 Å². The Kier molecular flexibility index (Phi) is 3.93. The van der Waals surface area contributed by atoms with Crippen LogP contribution in [0.1, 0.15) is 49.1 Å². The number of carbonyl (C=O) groups excluding carboxylic acids is 1. The first kappa shape index (κ1) is 15.1. The van der Waals surface area contributed by atoms with Crippen molar-refractivity contribution in [2.24, 2.45) is 0 Å². The van der Waals surface area contributed by atoms with Crippen LogP contribution in [0.2, 0.25) is 10.0 Å². The molecule has 0 radical (unpaired) electrons. The zero-order valence-electron chi connectivity index (χ0n) is 12.0. The highest BCUT2D eigenvalue weighted by Crippen LogP contribution is 2.44. The lowest BCUT2D eigenvalue weighted by atomic mass is 9.75. The van der Waals surface area contributed by atoms with Gasteiger partial charge in [0, 0.05) is 10.0 Å². The molecule has 2 fully saturated rings. The summed E-state index contributed by atoms with van der Waals surface area (Å²) in [5.41, 5.74) is 1.07. The van der Waals surface area contributed by atoms with Crippen LogP contribution in [0.4, 0.5) is 0 Å². The monoisotopic (exact) mass is 327 g/mol. The summed E-state index contributed by atoms with van der Waals surface area (Å²) in [6.45, 7) is 1.87. The maximum Gasteiger partial charge on any atom is 0.230 e. The Morgan fingerprint density at radius 1 is 1.24 bits per heavy atom. The molecule has 1 saturated heterocycles. The highest BCUT2D eigenvalue weighted by molar-refractivity contribution is 6.35. The third-order valence-electron chi connectivity index (χ3n) is 4.89. The number of aliphatic hydroxyl groups excluding tert-OH is 1. The molecule has 3 nitrogen and oxygen atoms in total. The number of carbonyl (C=O) groups is 1. The molecular formula is C16H19Cl2NO2. The Bertz CT molecular complexity index is 559. The number of amides is 1. The maximum absolute atomic E-state index is 12.5. The molecular weight excluding hydrogens is 309 g/mol. The lowest BCUT2D eigenvalue weighted by Gasteiger charge is -2.36. The molecule has 2 atom stereocenters. The number of halogens is 2. The minimum Gasteiger partial charge on any atom is -0.389 e. The van der Waals surface area contributed by atoms with Gasteiger partial charge in [0.15, 0.2) is 0 Å². The molecule has 1 aliphatic carbocycles. The van der Waals surface area contributed by atoms with Gasteiger partial charge in [0.2, 0.25) is 5.91 Å². The van der Waals surface area contributed by atoms with E-state index in [9.17, 15) is 9.90 Å². The maximum atomic E-state index is 12.5. The van der Waals surface area contributed by atoms with Crippen molar-refractivity contribution in [1.29, 1.82) is 0 Å². The highest BCUT2D eigenvalue weighted by atomic mass is 35.5. The van der Waals surface area contributed by atoms with Crippen LogP contribution >= 0.6 is 23.2 Å². The van der Waals surface area contributed by atoms with Gasteiger partial charge in [-0.3, -0.25) is 4.79 Å². The summed E-state index contributed by atoms with van der Waals surface area (Å²) in [6.07, 6.45) is 4.17. The number of aliphatic hydroxyl groups is 1. The molecule has 0 aromatic heterocycles. The summed E-state index contributed by atoms with van der Waals surface area (Å²) < 4.78 is 0. The SMILES string of the molecule is Cc1cc(Cl)cc(Cl)c1C1C(=O)NC2(CCCCC2)C1O. The van der Waals surface area contributed by atoms with Gasteiger partial charge in [-0.15, -0.1) is 0 Å². The van der Waals surface area contributed by atoms with E-state index in [1.54, 1.807) is 12.1 Å². The molecule has 0 bridgehead atoms. The van der Waals surface area contributed by atoms with Crippen molar-refractivity contribution >= 4 is 29.1 Å². The average molecular weight is 328 g/mol. The van der Waals surface area contributed by atoms with Crippen LogP contribution in [-0.4, -0.2) is 22.7 Å². The third-order valence-corrected chi connectivity index (χ3v) is 5.43. The standard InChI is InChI=1S/C16H19Cl2NO2/c1-9-7-10(17)8-11(18)12(9)13-14(20)16(19-15(13)21)5-3-2-4-6-16/h7-8,13-14,20H,2-6H2,1H3,(H,19,21). The Labute approximate surface area is 134 Å². The fraction of sp³-hybridized carbons (Fsp3) is 0.562. The molecule has 1 heterocycles. The van der Waals surface area contributed by atoms with Gasteiger partial charge >= 0.3 is 0 Å². The van der Waals surface area contributed by atoms with Crippen molar-refractivity contribution < 1.29 is 9.90 Å². The number of nitrogens with one attached hydrogen (secondary N) is 1. The number of benzene rings is 1. The quantitative estimate of drug-likeness (QED) is 0.828. The van der Waals surface area contributed by atoms with Gasteiger partial charge in [-0.05, 0) is 43.0 Å². The molecule has 2 aliphatic rings. The van der Waals surface area contributed by atoms with Gasteiger partial charge in [0.05, 0.1) is 17.6 Å². The smallest absolute Gasteiger partial charge is 0.230 e. The van der Waals surface area contributed by atoms with E-state index >= 15 is 0 Å². The summed E-state index contributed by atoms with van der Waals surface area (Å²) in [6, 6.07) is 3.42. The largest absolute Gasteiger partial charge is 0.389 e. The summed E-state index contributed by atoms with van der Waals surface area (Å²) in [7, 11) is 0. The second kappa shape index (κ2) is 5.45. The van der Waals surface area contributed by atoms with E-state index in [2.05, 4.69) is 5.32 Å². The summed E-state index contributed by atoms with van der Waals surface area (Å²) >= 11 is 12.3. The Balaban J connectivity index is 2.01. The van der Waals surface area contributed by atoms with Crippen molar-refractivity contribution in [3.05, 3.63) is 33.3 Å². The molecule has 2 N–H and O–H groups in total. The van der Waals surface area contributed by atoms with E-state index < -0.39 is 17.6 Å². The van der Waals surface area contributed by atoms with Gasteiger partial charge in [0.25, 0.3) is 0 Å². The molecule has 3 rings (SSSR count). The first-order chi connectivity index (χ1) is 9.94. The summed E-state index contributed by atoms with van der Waals surface area (Å²) in [5, 5.41) is 14.9. The average Bonchev–Trinajstić information content (AvgIpc) is 2.63. The van der Waals surface area contributed by atoms with Crippen LogP contribution in [0, 0.1) is 6.92 Å². The van der Waals surface area contributed by atoms with Gasteiger partial charge < -0.3 is 10.4 Å². The van der Waals surface area contributed by atoms with Crippen LogP contribution in [0.3, 0.4) is 0 Å². The third kappa shape index (κ3) is 2.45. The predicted molar refractivity (Wildman–Crippen MR) is 83.9 cm³/mol. The first-order valence-electron chi connectivity index (χ1n) is 7.40. The summed E-state index contributed by atoms with van der Waals surface area (Å²) in [4.78, 5) is 12.5. The Morgan fingerprint density at radius 3 is 2.52 bits per heavy atom. The molecule has 21 heavy (non-hydrogen) atoms. The van der Waals surface area contributed by atoms with Crippen LogP contribution in [0.5, 0.6) is 0 Å². The molecule has 2 unspecified atom stereocenters. The second-order valence-corrected chi connectivity index (χ2v) is 7.09. The van der Waals surface area contributed by atoms with Gasteiger partial charge in [-0.1, -0.05) is 42.5 Å². The van der Waals surface area contributed by atoms with Gasteiger partial charge in [-0.25, -0.2) is 0 Å². The zero-order valence-corrected chi connectivity index (χ0v) is 13.5. The van der Waals surface area contributed by atoms with Crippen LogP contribution < -0.4 is 5.32 Å². The minimum atomic E-state index is -0.734. The molecule has 1 amide bonds. The van der Waals surface area contributed by atoms with E-state index in [4.69, 9.17) is 23.2 Å². The predicted octanol–water partition coefficient (Wildman–Crippen LogP) is 3.58. The lowest BCUT2D eigenvalue weighted by molar-refractivity contribution is -0.121. The topological polar surface area (TPSA) is 49.3 Å². The van der Waals surface area contributed by atoms with Crippen molar-refractivity contribution in [2.75, 3.05) is 0 Å². The summed E-state index contributed by atoms with van der Waals surface area (Å²) in [5.74, 6) is -0.732. The molecule has 1 aliphatic heterocycles. The van der Waals surface area contributed by atoms with Gasteiger partial charge in [-0.2, -0.15) is 0 Å². The van der Waals surface area contributed by atoms with Crippen molar-refractivity contribution in [3.63, 3.8) is 0 Å². The molecule has 1 aromatic carbocycles. The molecule has 1 spiro atoms. The van der Waals surface area contributed by atoms with E-state index in [-0.39, 0.29) is 5.91 Å². The van der Waals surface area contributed by atoms with Crippen molar-refractivity contribution in [2.45, 2.75) is 56.6 Å². The van der Waals surface area contributed by atoms with E-state index in [0.29, 0.717) is 15.6 Å². The number of hydrogen-bond acceptors (Lipinski definition) is 2. The molecule has 1 saturated carbocycles. The molecule has 114 valence electrons. The lowest BCUT2D eigenvalue weighted by Crippen LogP contribution is -2.50. The van der Waals surface area contributed by atoms with E-state index in [1.807, 2.05) is 6.92 Å². The first-order valence-corrected chi connectivity index (χ1v) is 8.16. The fourth-order valence-corrected chi connectivity index (χ4v) is 4.57. The number of hydrogen-bond donors (Lipinski definition) is 2.